The molecule has 0 aromatic heterocycles. The fourth-order valence-electron chi connectivity index (χ4n) is 1.93. The SMILES string of the molecule is CC(C)CN(CC(C)C)c1cc(O)cc(O)c1. The van der Waals surface area contributed by atoms with Gasteiger partial charge in [-0.25, -0.2) is 0 Å². The van der Waals surface area contributed by atoms with Crippen LogP contribution in [0.25, 0.3) is 0 Å². The maximum atomic E-state index is 9.52. The van der Waals surface area contributed by atoms with Gasteiger partial charge in [-0.15, -0.1) is 0 Å². The summed E-state index contributed by atoms with van der Waals surface area (Å²) in [7, 11) is 0. The van der Waals surface area contributed by atoms with Crippen molar-refractivity contribution < 1.29 is 10.2 Å². The van der Waals surface area contributed by atoms with Gasteiger partial charge in [-0.1, -0.05) is 27.7 Å². The van der Waals surface area contributed by atoms with Gasteiger partial charge >= 0.3 is 0 Å². The number of phenols is 2. The molecule has 0 aliphatic heterocycles. The summed E-state index contributed by atoms with van der Waals surface area (Å²) in [5.74, 6) is 1.30. The van der Waals surface area contributed by atoms with E-state index < -0.39 is 0 Å². The van der Waals surface area contributed by atoms with Gasteiger partial charge in [0, 0.05) is 37.0 Å². The van der Waals surface area contributed by atoms with E-state index in [4.69, 9.17) is 0 Å². The van der Waals surface area contributed by atoms with Crippen molar-refractivity contribution in [2.45, 2.75) is 27.7 Å². The molecule has 1 aromatic carbocycles. The Labute approximate surface area is 104 Å². The van der Waals surface area contributed by atoms with E-state index in [2.05, 4.69) is 32.6 Å². The summed E-state index contributed by atoms with van der Waals surface area (Å²) in [5.41, 5.74) is 0.880. The normalized spacial score (nSPS) is 11.2. The first-order chi connectivity index (χ1) is 7.88. The minimum Gasteiger partial charge on any atom is -0.508 e. The molecule has 3 nitrogen and oxygen atoms in total. The fourth-order valence-corrected chi connectivity index (χ4v) is 1.93. The summed E-state index contributed by atoms with van der Waals surface area (Å²) in [6.45, 7) is 10.5. The molecule has 0 amide bonds. The number of benzene rings is 1. The molecule has 0 heterocycles. The lowest BCUT2D eigenvalue weighted by atomic mass is 10.1. The molecule has 0 bridgehead atoms. The first-order valence-electron chi connectivity index (χ1n) is 6.16. The summed E-state index contributed by atoms with van der Waals surface area (Å²) < 4.78 is 0. The number of rotatable bonds is 5. The maximum absolute atomic E-state index is 9.52. The van der Waals surface area contributed by atoms with E-state index in [0.29, 0.717) is 11.8 Å². The van der Waals surface area contributed by atoms with Crippen LogP contribution >= 0.6 is 0 Å². The lowest BCUT2D eigenvalue weighted by molar-refractivity contribution is 0.449. The maximum Gasteiger partial charge on any atom is 0.121 e. The Kier molecular flexibility index (Phi) is 4.67. The average Bonchev–Trinajstić information content (AvgIpc) is 2.13. The highest BCUT2D eigenvalue weighted by atomic mass is 16.3. The van der Waals surface area contributed by atoms with Gasteiger partial charge in [-0.2, -0.15) is 0 Å². The molecule has 0 atom stereocenters. The zero-order valence-corrected chi connectivity index (χ0v) is 11.1. The Balaban J connectivity index is 2.94. The standard InChI is InChI=1S/C14H23NO2/c1-10(2)8-15(9-11(3)4)12-5-13(16)7-14(17)6-12/h5-7,10-11,16-17H,8-9H2,1-4H3. The van der Waals surface area contributed by atoms with Crippen LogP contribution in [0.5, 0.6) is 11.5 Å². The third kappa shape index (κ3) is 4.55. The van der Waals surface area contributed by atoms with Gasteiger partial charge < -0.3 is 15.1 Å². The molecule has 2 N–H and O–H groups in total. The number of nitrogens with zero attached hydrogens (tertiary/aromatic N) is 1. The highest BCUT2D eigenvalue weighted by Crippen LogP contribution is 2.28. The largest absolute Gasteiger partial charge is 0.508 e. The van der Waals surface area contributed by atoms with Gasteiger partial charge in [0.2, 0.25) is 0 Å². The van der Waals surface area contributed by atoms with Crippen LogP contribution in [0.2, 0.25) is 0 Å². The minimum absolute atomic E-state index is 0.109. The molecular formula is C14H23NO2. The number of anilines is 1. The predicted octanol–water partition coefficient (Wildman–Crippen LogP) is 3.22. The Morgan fingerprint density at radius 2 is 1.29 bits per heavy atom. The Morgan fingerprint density at radius 1 is 0.882 bits per heavy atom. The minimum atomic E-state index is 0.109. The Bertz CT molecular complexity index is 331. The second kappa shape index (κ2) is 5.80. The third-order valence-corrected chi connectivity index (χ3v) is 2.42. The van der Waals surface area contributed by atoms with Crippen LogP contribution in [0.15, 0.2) is 18.2 Å². The molecule has 0 saturated heterocycles. The van der Waals surface area contributed by atoms with Crippen LogP contribution in [0.3, 0.4) is 0 Å². The molecular weight excluding hydrogens is 214 g/mol. The third-order valence-electron chi connectivity index (χ3n) is 2.42. The predicted molar refractivity (Wildman–Crippen MR) is 71.7 cm³/mol. The van der Waals surface area contributed by atoms with E-state index >= 15 is 0 Å². The van der Waals surface area contributed by atoms with Crippen LogP contribution in [0, 0.1) is 11.8 Å². The Hall–Kier alpha value is -1.38. The van der Waals surface area contributed by atoms with Crippen LogP contribution in [-0.2, 0) is 0 Å². The van der Waals surface area contributed by atoms with Gasteiger partial charge in [0.25, 0.3) is 0 Å². The molecule has 0 aliphatic carbocycles. The van der Waals surface area contributed by atoms with Crippen LogP contribution < -0.4 is 4.90 Å². The molecule has 17 heavy (non-hydrogen) atoms. The van der Waals surface area contributed by atoms with Crippen molar-refractivity contribution in [3.63, 3.8) is 0 Å². The van der Waals surface area contributed by atoms with E-state index in [9.17, 15) is 10.2 Å². The lowest BCUT2D eigenvalue weighted by Crippen LogP contribution is -2.31. The summed E-state index contributed by atoms with van der Waals surface area (Å²) >= 11 is 0. The van der Waals surface area contributed by atoms with Crippen molar-refractivity contribution in [3.05, 3.63) is 18.2 Å². The van der Waals surface area contributed by atoms with E-state index in [1.807, 2.05) is 0 Å². The molecule has 1 rings (SSSR count). The van der Waals surface area contributed by atoms with Crippen molar-refractivity contribution in [3.8, 4) is 11.5 Å². The summed E-state index contributed by atoms with van der Waals surface area (Å²) in [6.07, 6.45) is 0. The number of hydrogen-bond acceptors (Lipinski definition) is 3. The van der Waals surface area contributed by atoms with Crippen LogP contribution in [-0.4, -0.2) is 23.3 Å². The summed E-state index contributed by atoms with van der Waals surface area (Å²) in [6, 6.07) is 4.75. The van der Waals surface area contributed by atoms with Crippen molar-refractivity contribution in [1.82, 2.24) is 0 Å². The van der Waals surface area contributed by atoms with Gasteiger partial charge in [0.1, 0.15) is 11.5 Å². The zero-order valence-electron chi connectivity index (χ0n) is 11.1. The van der Waals surface area contributed by atoms with Crippen LogP contribution in [0.4, 0.5) is 5.69 Å². The van der Waals surface area contributed by atoms with Crippen LogP contribution in [0.1, 0.15) is 27.7 Å². The van der Waals surface area contributed by atoms with E-state index in [0.717, 1.165) is 18.8 Å². The number of hydrogen-bond donors (Lipinski definition) is 2. The molecule has 0 aliphatic rings. The molecule has 0 saturated carbocycles. The van der Waals surface area contributed by atoms with Gasteiger partial charge in [0.15, 0.2) is 0 Å². The second-order valence-electron chi connectivity index (χ2n) is 5.40. The monoisotopic (exact) mass is 237 g/mol. The summed E-state index contributed by atoms with van der Waals surface area (Å²) in [5, 5.41) is 19.0. The van der Waals surface area contributed by atoms with E-state index in [1.54, 1.807) is 12.1 Å². The highest BCUT2D eigenvalue weighted by molar-refractivity contribution is 5.55. The van der Waals surface area contributed by atoms with Gasteiger partial charge in [-0.3, -0.25) is 0 Å². The fraction of sp³-hybridized carbons (Fsp3) is 0.571. The Morgan fingerprint density at radius 3 is 1.65 bits per heavy atom. The molecule has 0 unspecified atom stereocenters. The lowest BCUT2D eigenvalue weighted by Gasteiger charge is -2.28. The van der Waals surface area contributed by atoms with Crippen molar-refractivity contribution in [2.24, 2.45) is 11.8 Å². The quantitative estimate of drug-likeness (QED) is 0.826. The van der Waals surface area contributed by atoms with Crippen molar-refractivity contribution >= 4 is 5.69 Å². The van der Waals surface area contributed by atoms with Gasteiger partial charge in [-0.05, 0) is 11.8 Å². The zero-order chi connectivity index (χ0) is 13.0. The first-order valence-corrected chi connectivity index (χ1v) is 6.16. The number of aromatic hydroxyl groups is 2. The average molecular weight is 237 g/mol. The number of phenolic OH excluding ortho intramolecular Hbond substituents is 2. The molecule has 1 aromatic rings. The van der Waals surface area contributed by atoms with Gasteiger partial charge in [0.05, 0.1) is 0 Å². The summed E-state index contributed by atoms with van der Waals surface area (Å²) in [4.78, 5) is 2.20. The molecule has 3 heteroatoms. The van der Waals surface area contributed by atoms with Crippen molar-refractivity contribution in [1.29, 1.82) is 0 Å². The topological polar surface area (TPSA) is 43.7 Å². The first kappa shape index (κ1) is 13.7. The van der Waals surface area contributed by atoms with E-state index in [1.165, 1.54) is 6.07 Å². The highest BCUT2D eigenvalue weighted by Gasteiger charge is 2.12. The second-order valence-corrected chi connectivity index (χ2v) is 5.40. The molecule has 0 spiro atoms. The molecule has 0 fully saturated rings. The molecule has 96 valence electrons. The smallest absolute Gasteiger partial charge is 0.121 e. The van der Waals surface area contributed by atoms with E-state index in [-0.39, 0.29) is 11.5 Å². The van der Waals surface area contributed by atoms with Crippen molar-refractivity contribution in [2.75, 3.05) is 18.0 Å². The molecule has 0 radical (unpaired) electrons.